The first kappa shape index (κ1) is 17.1. The van der Waals surface area contributed by atoms with Crippen LogP contribution in [0.15, 0.2) is 23.0 Å². The van der Waals surface area contributed by atoms with Gasteiger partial charge in [0.2, 0.25) is 0 Å². The van der Waals surface area contributed by atoms with E-state index in [9.17, 15) is 9.59 Å². The molecule has 2 aliphatic rings. The van der Waals surface area contributed by atoms with Crippen LogP contribution in [0, 0.1) is 13.8 Å². The molecule has 138 valence electrons. The number of hydrogen-bond donors (Lipinski definition) is 1. The van der Waals surface area contributed by atoms with Crippen LogP contribution in [-0.4, -0.2) is 53.2 Å². The molecule has 1 aromatic heterocycles. The number of carbonyl (C=O) groups excluding carboxylic acids is 1. The van der Waals surface area contributed by atoms with Crippen LogP contribution in [0.2, 0.25) is 0 Å². The normalized spacial score (nSPS) is 23.8. The zero-order valence-corrected chi connectivity index (χ0v) is 15.6. The van der Waals surface area contributed by atoms with Crippen molar-refractivity contribution in [3.8, 4) is 0 Å². The van der Waals surface area contributed by atoms with E-state index in [2.05, 4.69) is 16.0 Å². The fourth-order valence-corrected chi connectivity index (χ4v) is 4.42. The van der Waals surface area contributed by atoms with Crippen molar-refractivity contribution in [1.82, 2.24) is 14.8 Å². The highest BCUT2D eigenvalue weighted by molar-refractivity contribution is 5.82. The molecule has 2 aromatic rings. The van der Waals surface area contributed by atoms with Crippen LogP contribution in [0.3, 0.4) is 0 Å². The van der Waals surface area contributed by atoms with E-state index in [0.29, 0.717) is 19.6 Å². The number of carbonyl (C=O) groups is 1. The SMILES string of the molecule is Cc1cc(C)c2[nH]c(CN3CCCC4(C3)CN(C)C(=O)O4)cc(=O)c2c1. The lowest BCUT2D eigenvalue weighted by atomic mass is 9.92. The number of nitrogens with zero attached hydrogens (tertiary/aromatic N) is 2. The number of amides is 1. The van der Waals surface area contributed by atoms with Gasteiger partial charge >= 0.3 is 6.09 Å². The van der Waals surface area contributed by atoms with Crippen LogP contribution in [0.5, 0.6) is 0 Å². The molecule has 0 saturated carbocycles. The molecule has 26 heavy (non-hydrogen) atoms. The molecule has 1 amide bonds. The van der Waals surface area contributed by atoms with Crippen LogP contribution in [0.4, 0.5) is 4.79 Å². The molecular weight excluding hydrogens is 330 g/mol. The van der Waals surface area contributed by atoms with E-state index in [1.165, 1.54) is 0 Å². The van der Waals surface area contributed by atoms with Crippen molar-refractivity contribution in [3.05, 3.63) is 45.2 Å². The first-order valence-electron chi connectivity index (χ1n) is 9.15. The lowest BCUT2D eigenvalue weighted by molar-refractivity contribution is -0.0116. The van der Waals surface area contributed by atoms with Crippen molar-refractivity contribution in [2.75, 3.05) is 26.7 Å². The number of aromatic amines is 1. The fourth-order valence-electron chi connectivity index (χ4n) is 4.42. The van der Waals surface area contributed by atoms with Gasteiger partial charge in [0, 0.05) is 37.3 Å². The number of nitrogens with one attached hydrogen (secondary N) is 1. The summed E-state index contributed by atoms with van der Waals surface area (Å²) < 4.78 is 5.67. The monoisotopic (exact) mass is 355 g/mol. The molecule has 2 aliphatic heterocycles. The standard InChI is InChI=1S/C20H25N3O3/c1-13-7-14(2)18-16(8-13)17(24)9-15(21-18)10-23-6-4-5-20(12-23)11-22(3)19(25)26-20/h7-9H,4-6,10-12H2,1-3H3,(H,21,24). The van der Waals surface area contributed by atoms with Crippen LogP contribution in [-0.2, 0) is 11.3 Å². The van der Waals surface area contributed by atoms with Crippen molar-refractivity contribution in [1.29, 1.82) is 0 Å². The van der Waals surface area contributed by atoms with E-state index in [-0.39, 0.29) is 11.5 Å². The molecule has 2 saturated heterocycles. The maximum absolute atomic E-state index is 12.6. The Morgan fingerprint density at radius 3 is 2.73 bits per heavy atom. The summed E-state index contributed by atoms with van der Waals surface area (Å²) in [5, 5.41) is 0.743. The molecule has 1 atom stereocenters. The predicted molar refractivity (Wildman–Crippen MR) is 100 cm³/mol. The number of likely N-dealkylation sites (tertiary alicyclic amines) is 1. The average Bonchev–Trinajstić information content (AvgIpc) is 2.82. The molecule has 1 N–H and O–H groups in total. The van der Waals surface area contributed by atoms with Crippen LogP contribution >= 0.6 is 0 Å². The Morgan fingerprint density at radius 2 is 2.00 bits per heavy atom. The molecule has 4 rings (SSSR count). The first-order valence-corrected chi connectivity index (χ1v) is 9.15. The molecule has 1 spiro atoms. The molecule has 3 heterocycles. The Balaban J connectivity index is 1.59. The van der Waals surface area contributed by atoms with Gasteiger partial charge in [0.1, 0.15) is 5.60 Å². The van der Waals surface area contributed by atoms with E-state index in [1.54, 1.807) is 18.0 Å². The Kier molecular flexibility index (Phi) is 4.03. The van der Waals surface area contributed by atoms with Crippen LogP contribution in [0.1, 0.15) is 29.7 Å². The van der Waals surface area contributed by atoms with Gasteiger partial charge in [-0.05, 0) is 50.4 Å². The molecule has 6 heteroatoms. The minimum Gasteiger partial charge on any atom is -0.440 e. The number of likely N-dealkylation sites (N-methyl/N-ethyl adjacent to an activating group) is 1. The minimum atomic E-state index is -0.408. The Bertz CT molecular complexity index is 936. The van der Waals surface area contributed by atoms with Crippen LogP contribution in [0.25, 0.3) is 10.9 Å². The summed E-state index contributed by atoms with van der Waals surface area (Å²) in [5.74, 6) is 0. The second-order valence-electron chi connectivity index (χ2n) is 7.88. The number of aromatic nitrogens is 1. The number of ether oxygens (including phenoxy) is 1. The van der Waals surface area contributed by atoms with E-state index in [1.807, 2.05) is 19.9 Å². The Morgan fingerprint density at radius 1 is 1.19 bits per heavy atom. The third kappa shape index (κ3) is 2.98. The summed E-state index contributed by atoms with van der Waals surface area (Å²) in [6, 6.07) is 5.73. The third-order valence-electron chi connectivity index (χ3n) is 5.49. The van der Waals surface area contributed by atoms with Gasteiger partial charge in [0.05, 0.1) is 12.1 Å². The summed E-state index contributed by atoms with van der Waals surface area (Å²) in [7, 11) is 1.78. The minimum absolute atomic E-state index is 0.0549. The van der Waals surface area contributed by atoms with E-state index in [0.717, 1.165) is 47.1 Å². The lowest BCUT2D eigenvalue weighted by Crippen LogP contribution is -2.50. The topological polar surface area (TPSA) is 65.6 Å². The lowest BCUT2D eigenvalue weighted by Gasteiger charge is -2.38. The number of pyridine rings is 1. The summed E-state index contributed by atoms with van der Waals surface area (Å²) in [6.45, 7) is 6.97. The summed E-state index contributed by atoms with van der Waals surface area (Å²) in [4.78, 5) is 31.7. The number of fused-ring (bicyclic) bond motifs is 1. The molecule has 2 fully saturated rings. The summed E-state index contributed by atoms with van der Waals surface area (Å²) in [5.41, 5.74) is 3.65. The van der Waals surface area contributed by atoms with E-state index >= 15 is 0 Å². The van der Waals surface area contributed by atoms with E-state index < -0.39 is 5.60 Å². The smallest absolute Gasteiger partial charge is 0.410 e. The molecule has 0 radical (unpaired) electrons. The number of aryl methyl sites for hydroxylation is 2. The van der Waals surface area contributed by atoms with E-state index in [4.69, 9.17) is 4.74 Å². The van der Waals surface area contributed by atoms with Crippen molar-refractivity contribution >= 4 is 17.0 Å². The van der Waals surface area contributed by atoms with Gasteiger partial charge in [-0.2, -0.15) is 0 Å². The summed E-state index contributed by atoms with van der Waals surface area (Å²) >= 11 is 0. The first-order chi connectivity index (χ1) is 12.3. The fraction of sp³-hybridized carbons (Fsp3) is 0.500. The number of piperidine rings is 1. The van der Waals surface area contributed by atoms with Crippen molar-refractivity contribution in [2.45, 2.75) is 38.8 Å². The van der Waals surface area contributed by atoms with Crippen molar-refractivity contribution < 1.29 is 9.53 Å². The zero-order valence-electron chi connectivity index (χ0n) is 15.6. The Hall–Kier alpha value is -2.34. The molecule has 1 unspecified atom stereocenters. The van der Waals surface area contributed by atoms with Crippen molar-refractivity contribution in [2.24, 2.45) is 0 Å². The molecular formula is C20H25N3O3. The number of H-pyrrole nitrogens is 1. The maximum atomic E-state index is 12.6. The molecule has 1 aromatic carbocycles. The third-order valence-corrected chi connectivity index (χ3v) is 5.49. The van der Waals surface area contributed by atoms with Gasteiger partial charge < -0.3 is 14.6 Å². The van der Waals surface area contributed by atoms with Gasteiger partial charge in [0.25, 0.3) is 0 Å². The van der Waals surface area contributed by atoms with Crippen LogP contribution < -0.4 is 5.43 Å². The van der Waals surface area contributed by atoms with Crippen molar-refractivity contribution in [3.63, 3.8) is 0 Å². The number of benzene rings is 1. The highest BCUT2D eigenvalue weighted by Crippen LogP contribution is 2.31. The van der Waals surface area contributed by atoms with Gasteiger partial charge in [-0.25, -0.2) is 4.79 Å². The van der Waals surface area contributed by atoms with Gasteiger partial charge in [0.15, 0.2) is 5.43 Å². The second kappa shape index (κ2) is 6.13. The highest BCUT2D eigenvalue weighted by atomic mass is 16.6. The number of hydrogen-bond acceptors (Lipinski definition) is 4. The Labute approximate surface area is 152 Å². The predicted octanol–water partition coefficient (Wildman–Crippen LogP) is 2.56. The highest BCUT2D eigenvalue weighted by Gasteiger charge is 2.46. The van der Waals surface area contributed by atoms with Gasteiger partial charge in [-0.3, -0.25) is 9.69 Å². The van der Waals surface area contributed by atoms with Gasteiger partial charge in [-0.1, -0.05) is 6.07 Å². The summed E-state index contributed by atoms with van der Waals surface area (Å²) in [6.07, 6.45) is 1.64. The quantitative estimate of drug-likeness (QED) is 0.899. The second-order valence-corrected chi connectivity index (χ2v) is 7.88. The molecule has 0 bridgehead atoms. The average molecular weight is 355 g/mol. The molecule has 6 nitrogen and oxygen atoms in total. The number of rotatable bonds is 2. The molecule has 0 aliphatic carbocycles. The van der Waals surface area contributed by atoms with Gasteiger partial charge in [-0.15, -0.1) is 0 Å². The zero-order chi connectivity index (χ0) is 18.5. The maximum Gasteiger partial charge on any atom is 0.410 e. The largest absolute Gasteiger partial charge is 0.440 e.